The lowest BCUT2D eigenvalue weighted by molar-refractivity contribution is -0.143. The van der Waals surface area contributed by atoms with E-state index in [-0.39, 0.29) is 39.2 Å². The molecule has 208 valence electrons. The Hall–Kier alpha value is -4.96. The Balaban J connectivity index is 0.00000337. The summed E-state index contributed by atoms with van der Waals surface area (Å²) in [5.41, 5.74) is 2.36. The monoisotopic (exact) mass is 568 g/mol. The van der Waals surface area contributed by atoms with Crippen LogP contribution in [-0.4, -0.2) is 58.6 Å². The molecule has 6 rings (SSSR count). The second kappa shape index (κ2) is 11.6. The Morgan fingerprint density at radius 2 is 1.20 bits per heavy atom. The van der Waals surface area contributed by atoms with Gasteiger partial charge in [-0.25, -0.2) is 14.4 Å². The van der Waals surface area contributed by atoms with Crippen LogP contribution in [0.3, 0.4) is 0 Å². The molecule has 0 aliphatic carbocycles. The molecule has 1 N–H and O–H groups in total. The number of amides is 4. The first-order valence-corrected chi connectivity index (χ1v) is 12.9. The molecule has 4 aromatic rings. The Morgan fingerprint density at radius 1 is 0.707 bits per heavy atom. The highest BCUT2D eigenvalue weighted by atomic mass is 32.1. The summed E-state index contributed by atoms with van der Waals surface area (Å²) in [5.74, 6) is -0.195. The molecule has 0 radical (unpaired) electrons. The normalized spacial score (nSPS) is 15.5. The molecule has 1 fully saturated rings. The van der Waals surface area contributed by atoms with Crippen molar-refractivity contribution in [1.29, 1.82) is 0 Å². The fourth-order valence-electron chi connectivity index (χ4n) is 5.10. The van der Waals surface area contributed by atoms with Crippen LogP contribution in [0.4, 0.5) is 32.3 Å². The van der Waals surface area contributed by atoms with E-state index in [1.807, 2.05) is 72.8 Å². The van der Waals surface area contributed by atoms with Gasteiger partial charge in [0.15, 0.2) is 11.5 Å². The lowest BCUT2D eigenvalue weighted by Crippen LogP contribution is -2.62. The van der Waals surface area contributed by atoms with Gasteiger partial charge in [-0.15, -0.1) is 0 Å². The third-order valence-electron chi connectivity index (χ3n) is 7.03. The molecule has 0 spiro atoms. The van der Waals surface area contributed by atoms with Gasteiger partial charge < -0.3 is 19.6 Å². The Morgan fingerprint density at radius 3 is 1.71 bits per heavy atom. The first-order valence-electron chi connectivity index (χ1n) is 12.9. The smallest absolute Gasteiger partial charge is 0.330 e. The number of nitrogens with zero attached hydrogens (tertiary/aromatic N) is 4. The zero-order valence-corrected chi connectivity index (χ0v) is 23.0. The quantitative estimate of drug-likeness (QED) is 0.318. The van der Waals surface area contributed by atoms with Crippen molar-refractivity contribution in [3.8, 4) is 11.5 Å². The molecule has 0 aromatic heterocycles. The molecule has 4 amide bonds. The fourth-order valence-corrected chi connectivity index (χ4v) is 5.10. The van der Waals surface area contributed by atoms with Gasteiger partial charge >= 0.3 is 18.0 Å². The Kier molecular flexibility index (Phi) is 7.84. The molecule has 2 heterocycles. The number of urea groups is 2. The summed E-state index contributed by atoms with van der Waals surface area (Å²) in [6, 6.07) is 30.5. The zero-order chi connectivity index (χ0) is 27.6. The summed E-state index contributed by atoms with van der Waals surface area (Å²) >= 11 is 0. The molecule has 2 aliphatic heterocycles. The van der Waals surface area contributed by atoms with Gasteiger partial charge in [-0.2, -0.15) is 13.5 Å². The number of piperazine rings is 1. The van der Waals surface area contributed by atoms with Crippen LogP contribution in [0.2, 0.25) is 0 Å². The summed E-state index contributed by atoms with van der Waals surface area (Å²) < 4.78 is 5.99. The Bertz CT molecular complexity index is 1480. The van der Waals surface area contributed by atoms with Gasteiger partial charge in [0.2, 0.25) is 0 Å². The zero-order valence-electron chi connectivity index (χ0n) is 22.0. The fraction of sp³-hybridized carbons (Fsp3) is 0.129. The summed E-state index contributed by atoms with van der Waals surface area (Å²) in [6.07, 6.45) is 0. The predicted molar refractivity (Wildman–Crippen MR) is 161 cm³/mol. The maximum Gasteiger partial charge on any atom is 0.330 e. The lowest BCUT2D eigenvalue weighted by atomic mass is 10.1. The molecule has 10 heteroatoms. The number of rotatable bonds is 3. The predicted octanol–water partition coefficient (Wildman–Crippen LogP) is 6.19. The van der Waals surface area contributed by atoms with Gasteiger partial charge in [-0.1, -0.05) is 60.7 Å². The maximum absolute atomic E-state index is 14.1. The number of benzene rings is 4. The van der Waals surface area contributed by atoms with E-state index in [0.717, 1.165) is 0 Å². The van der Waals surface area contributed by atoms with Crippen molar-refractivity contribution in [3.63, 3.8) is 0 Å². The summed E-state index contributed by atoms with van der Waals surface area (Å²) in [6.45, 7) is 0.0442. The van der Waals surface area contributed by atoms with Gasteiger partial charge in [0.1, 0.15) is 6.04 Å². The largest absolute Gasteiger partial charge is 0.480 e. The molecule has 4 aromatic carbocycles. The van der Waals surface area contributed by atoms with Crippen LogP contribution >= 0.6 is 13.5 Å². The van der Waals surface area contributed by atoms with E-state index >= 15 is 0 Å². The topological polar surface area (TPSA) is 93.6 Å². The van der Waals surface area contributed by atoms with E-state index in [1.54, 1.807) is 41.3 Å². The standard InChI is InChI=1S/C31H26N4O5.H2S/c36-29(37)26-21-32(30(38)34(22-11-3-1-4-12-22)23-13-5-2-6-14-23)19-20-33(26)31(39)35-24-15-7-9-17-27(24)40-28-18-10-8-16-25(28)35;/h1-18,26H,19-21H2,(H,36,37);1H2/t26-;/m0./s1. The molecular formula is C31H28N4O5S. The van der Waals surface area contributed by atoms with E-state index in [1.165, 1.54) is 14.7 Å². The minimum atomic E-state index is -1.25. The molecule has 0 unspecified atom stereocenters. The number of aliphatic carboxylic acids is 1. The number of hydrogen-bond acceptors (Lipinski definition) is 4. The van der Waals surface area contributed by atoms with Crippen LogP contribution in [0.1, 0.15) is 0 Å². The number of carbonyl (C=O) groups is 3. The molecule has 9 nitrogen and oxygen atoms in total. The van der Waals surface area contributed by atoms with Crippen molar-refractivity contribution in [2.45, 2.75) is 6.04 Å². The molecule has 1 saturated heterocycles. The van der Waals surface area contributed by atoms with Crippen molar-refractivity contribution in [3.05, 3.63) is 109 Å². The number of hydrogen-bond donors (Lipinski definition) is 1. The number of anilines is 4. The highest BCUT2D eigenvalue weighted by Crippen LogP contribution is 2.47. The van der Waals surface area contributed by atoms with Crippen LogP contribution < -0.4 is 14.5 Å². The number of carboxylic acids is 1. The van der Waals surface area contributed by atoms with E-state index < -0.39 is 18.0 Å². The van der Waals surface area contributed by atoms with Crippen LogP contribution in [0.15, 0.2) is 109 Å². The minimum Gasteiger partial charge on any atom is -0.480 e. The third-order valence-corrected chi connectivity index (χ3v) is 7.03. The van der Waals surface area contributed by atoms with Gasteiger partial charge in [0, 0.05) is 13.1 Å². The van der Waals surface area contributed by atoms with Gasteiger partial charge in [-0.05, 0) is 48.5 Å². The van der Waals surface area contributed by atoms with Crippen molar-refractivity contribution >= 4 is 54.3 Å². The first-order chi connectivity index (χ1) is 19.5. The van der Waals surface area contributed by atoms with Crippen LogP contribution in [0.25, 0.3) is 0 Å². The third kappa shape index (κ3) is 5.17. The number of carboxylic acid groups (broad SMARTS) is 1. The molecular weight excluding hydrogens is 540 g/mol. The Labute approximate surface area is 244 Å². The lowest BCUT2D eigenvalue weighted by Gasteiger charge is -2.43. The van der Waals surface area contributed by atoms with E-state index in [4.69, 9.17) is 4.74 Å². The summed E-state index contributed by atoms with van der Waals surface area (Å²) in [7, 11) is 0. The van der Waals surface area contributed by atoms with Crippen molar-refractivity contribution in [1.82, 2.24) is 9.80 Å². The average molecular weight is 569 g/mol. The van der Waals surface area contributed by atoms with Crippen molar-refractivity contribution in [2.75, 3.05) is 29.4 Å². The molecule has 2 aliphatic rings. The van der Waals surface area contributed by atoms with Crippen LogP contribution in [-0.2, 0) is 4.79 Å². The number of para-hydroxylation sites is 6. The van der Waals surface area contributed by atoms with Crippen LogP contribution in [0.5, 0.6) is 11.5 Å². The van der Waals surface area contributed by atoms with Crippen LogP contribution in [0, 0.1) is 0 Å². The van der Waals surface area contributed by atoms with Crippen molar-refractivity contribution < 1.29 is 24.2 Å². The summed E-state index contributed by atoms with van der Waals surface area (Å²) in [4.78, 5) is 46.4. The van der Waals surface area contributed by atoms with Gasteiger partial charge in [-0.3, -0.25) is 9.80 Å². The maximum atomic E-state index is 14.1. The van der Waals surface area contributed by atoms with E-state index in [0.29, 0.717) is 34.2 Å². The minimum absolute atomic E-state index is 0. The number of ether oxygens (including phenoxy) is 1. The second-order valence-electron chi connectivity index (χ2n) is 9.44. The van der Waals surface area contributed by atoms with Crippen molar-refractivity contribution in [2.24, 2.45) is 0 Å². The first kappa shape index (κ1) is 27.6. The highest BCUT2D eigenvalue weighted by Gasteiger charge is 2.42. The van der Waals surface area contributed by atoms with Gasteiger partial charge in [0.05, 0.1) is 29.3 Å². The molecule has 41 heavy (non-hydrogen) atoms. The SMILES string of the molecule is O=C(O)[C@@H]1CN(C(=O)N(c2ccccc2)c2ccccc2)CCN1C(=O)N1c2ccccc2Oc2ccccc21.S. The van der Waals surface area contributed by atoms with Gasteiger partial charge in [0.25, 0.3) is 0 Å². The second-order valence-corrected chi connectivity index (χ2v) is 9.44. The molecule has 0 bridgehead atoms. The molecule has 0 saturated carbocycles. The van der Waals surface area contributed by atoms with E-state index in [2.05, 4.69) is 0 Å². The highest BCUT2D eigenvalue weighted by molar-refractivity contribution is 7.59. The van der Waals surface area contributed by atoms with E-state index in [9.17, 15) is 19.5 Å². The number of fused-ring (bicyclic) bond motifs is 2. The summed E-state index contributed by atoms with van der Waals surface area (Å²) in [5, 5.41) is 10.2. The number of carbonyl (C=O) groups excluding carboxylic acids is 2. The average Bonchev–Trinajstić information content (AvgIpc) is 3.00. The molecule has 1 atom stereocenters.